The molecular weight excluding hydrogens is 158 g/mol. The Morgan fingerprint density at radius 3 is 2.58 bits per heavy atom. The summed E-state index contributed by atoms with van der Waals surface area (Å²) in [4.78, 5) is 0. The van der Waals surface area contributed by atoms with Crippen LogP contribution in [0.4, 0.5) is 0 Å². The van der Waals surface area contributed by atoms with Crippen molar-refractivity contribution in [2.75, 3.05) is 40.1 Å². The van der Waals surface area contributed by atoms with Gasteiger partial charge in [0.25, 0.3) is 0 Å². The third-order valence-corrected chi connectivity index (χ3v) is 1.29. The van der Waals surface area contributed by atoms with E-state index in [1.807, 2.05) is 6.92 Å². The number of hydrogen-bond donors (Lipinski definition) is 1. The fraction of sp³-hybridized carbons (Fsp3) is 1.00. The van der Waals surface area contributed by atoms with Crippen LogP contribution in [0.25, 0.3) is 0 Å². The molecule has 0 spiro atoms. The summed E-state index contributed by atoms with van der Waals surface area (Å²) in [6.07, 6.45) is 0.136. The number of ether oxygens (including phenoxy) is 3. The van der Waals surface area contributed by atoms with Gasteiger partial charge in [-0.2, -0.15) is 0 Å². The van der Waals surface area contributed by atoms with Crippen LogP contribution in [0.15, 0.2) is 0 Å². The van der Waals surface area contributed by atoms with Gasteiger partial charge in [-0.3, -0.25) is 0 Å². The van der Waals surface area contributed by atoms with Gasteiger partial charge < -0.3 is 19.9 Å². The van der Waals surface area contributed by atoms with Gasteiger partial charge in [-0.25, -0.2) is 0 Å². The van der Waals surface area contributed by atoms with Gasteiger partial charge in [0.2, 0.25) is 0 Å². The molecule has 0 bridgehead atoms. The zero-order valence-electron chi connectivity index (χ0n) is 7.91. The molecule has 0 radical (unpaired) electrons. The molecule has 74 valence electrons. The van der Waals surface area contributed by atoms with E-state index in [1.165, 1.54) is 0 Å². The monoisotopic (exact) mass is 177 g/mol. The van der Waals surface area contributed by atoms with Gasteiger partial charge in [-0.15, -0.1) is 0 Å². The molecule has 0 amide bonds. The SMILES string of the molecule is COCC(C)OCCOCCN. The third kappa shape index (κ3) is 7.94. The van der Waals surface area contributed by atoms with Gasteiger partial charge in [0.1, 0.15) is 0 Å². The number of methoxy groups -OCH3 is 1. The molecule has 0 saturated carbocycles. The van der Waals surface area contributed by atoms with Gasteiger partial charge in [0.05, 0.1) is 32.5 Å². The normalized spacial score (nSPS) is 13.2. The predicted molar refractivity (Wildman–Crippen MR) is 47.2 cm³/mol. The van der Waals surface area contributed by atoms with E-state index >= 15 is 0 Å². The Bertz CT molecular complexity index is 90.4. The van der Waals surface area contributed by atoms with E-state index in [-0.39, 0.29) is 6.10 Å². The molecule has 0 aliphatic rings. The minimum atomic E-state index is 0.136. The van der Waals surface area contributed by atoms with Crippen molar-refractivity contribution < 1.29 is 14.2 Å². The molecule has 0 aliphatic heterocycles. The molecule has 12 heavy (non-hydrogen) atoms. The van der Waals surface area contributed by atoms with Crippen LogP contribution in [-0.2, 0) is 14.2 Å². The lowest BCUT2D eigenvalue weighted by Crippen LogP contribution is -2.19. The zero-order valence-corrected chi connectivity index (χ0v) is 7.91. The van der Waals surface area contributed by atoms with Crippen molar-refractivity contribution in [1.82, 2.24) is 0 Å². The van der Waals surface area contributed by atoms with Crippen LogP contribution < -0.4 is 5.73 Å². The van der Waals surface area contributed by atoms with Gasteiger partial charge in [0.15, 0.2) is 0 Å². The van der Waals surface area contributed by atoms with Gasteiger partial charge in [0, 0.05) is 13.7 Å². The average molecular weight is 177 g/mol. The standard InChI is InChI=1S/C8H19NO3/c1-8(7-10-2)12-6-5-11-4-3-9/h8H,3-7,9H2,1-2H3. The molecule has 4 heteroatoms. The van der Waals surface area contributed by atoms with Crippen molar-refractivity contribution >= 4 is 0 Å². The molecule has 0 rings (SSSR count). The quantitative estimate of drug-likeness (QED) is 0.531. The Hall–Kier alpha value is -0.160. The number of rotatable bonds is 8. The molecule has 4 nitrogen and oxygen atoms in total. The van der Waals surface area contributed by atoms with Gasteiger partial charge >= 0.3 is 0 Å². The second-order valence-corrected chi connectivity index (χ2v) is 2.54. The van der Waals surface area contributed by atoms with Crippen LogP contribution in [0.1, 0.15) is 6.92 Å². The Morgan fingerprint density at radius 2 is 2.00 bits per heavy atom. The van der Waals surface area contributed by atoms with E-state index in [0.29, 0.717) is 33.0 Å². The Labute approximate surface area is 74.0 Å². The van der Waals surface area contributed by atoms with E-state index in [2.05, 4.69) is 0 Å². The van der Waals surface area contributed by atoms with Crippen LogP contribution >= 0.6 is 0 Å². The summed E-state index contributed by atoms with van der Waals surface area (Å²) >= 11 is 0. The molecule has 0 fully saturated rings. The van der Waals surface area contributed by atoms with Crippen LogP contribution in [-0.4, -0.2) is 46.2 Å². The molecule has 0 aliphatic carbocycles. The molecule has 1 atom stereocenters. The molecule has 0 aromatic heterocycles. The van der Waals surface area contributed by atoms with E-state index in [0.717, 1.165) is 0 Å². The molecule has 0 aromatic rings. The van der Waals surface area contributed by atoms with Crippen molar-refractivity contribution in [1.29, 1.82) is 0 Å². The van der Waals surface area contributed by atoms with Crippen molar-refractivity contribution in [2.24, 2.45) is 5.73 Å². The Kier molecular flexibility index (Phi) is 8.81. The lowest BCUT2D eigenvalue weighted by atomic mass is 10.4. The van der Waals surface area contributed by atoms with Crippen LogP contribution in [0.2, 0.25) is 0 Å². The highest BCUT2D eigenvalue weighted by Gasteiger charge is 1.99. The highest BCUT2D eigenvalue weighted by molar-refractivity contribution is 4.45. The maximum Gasteiger partial charge on any atom is 0.0781 e. The fourth-order valence-electron chi connectivity index (χ4n) is 0.776. The first-order valence-electron chi connectivity index (χ1n) is 4.19. The summed E-state index contributed by atoms with van der Waals surface area (Å²) in [5.74, 6) is 0. The molecule has 0 heterocycles. The van der Waals surface area contributed by atoms with Gasteiger partial charge in [-0.05, 0) is 6.92 Å². The van der Waals surface area contributed by atoms with Crippen molar-refractivity contribution in [3.8, 4) is 0 Å². The van der Waals surface area contributed by atoms with E-state index in [1.54, 1.807) is 7.11 Å². The second-order valence-electron chi connectivity index (χ2n) is 2.54. The predicted octanol–water partition coefficient (Wildman–Crippen LogP) is 0.0132. The summed E-state index contributed by atoms with van der Waals surface area (Å²) in [6.45, 7) is 4.95. The summed E-state index contributed by atoms with van der Waals surface area (Å²) in [7, 11) is 1.66. The van der Waals surface area contributed by atoms with E-state index in [4.69, 9.17) is 19.9 Å². The summed E-state index contributed by atoms with van der Waals surface area (Å²) in [5, 5.41) is 0. The van der Waals surface area contributed by atoms with Crippen molar-refractivity contribution in [3.05, 3.63) is 0 Å². The van der Waals surface area contributed by atoms with Crippen LogP contribution in [0.3, 0.4) is 0 Å². The van der Waals surface area contributed by atoms with E-state index < -0.39 is 0 Å². The fourth-order valence-corrected chi connectivity index (χ4v) is 0.776. The summed E-state index contributed by atoms with van der Waals surface area (Å²) < 4.78 is 15.4. The third-order valence-electron chi connectivity index (χ3n) is 1.29. The molecule has 0 aromatic carbocycles. The smallest absolute Gasteiger partial charge is 0.0781 e. The highest BCUT2D eigenvalue weighted by atomic mass is 16.5. The zero-order chi connectivity index (χ0) is 9.23. The number of nitrogens with two attached hydrogens (primary N) is 1. The largest absolute Gasteiger partial charge is 0.382 e. The Balaban J connectivity index is 2.97. The minimum Gasteiger partial charge on any atom is -0.382 e. The van der Waals surface area contributed by atoms with Crippen molar-refractivity contribution in [2.45, 2.75) is 13.0 Å². The summed E-state index contributed by atoms with van der Waals surface area (Å²) in [5.41, 5.74) is 5.23. The lowest BCUT2D eigenvalue weighted by molar-refractivity contribution is -0.0186. The van der Waals surface area contributed by atoms with Gasteiger partial charge in [-0.1, -0.05) is 0 Å². The first-order valence-corrected chi connectivity index (χ1v) is 4.19. The first kappa shape index (κ1) is 11.8. The molecular formula is C8H19NO3. The van der Waals surface area contributed by atoms with Crippen LogP contribution in [0, 0.1) is 0 Å². The second kappa shape index (κ2) is 8.93. The average Bonchev–Trinajstić information content (AvgIpc) is 2.05. The van der Waals surface area contributed by atoms with E-state index in [9.17, 15) is 0 Å². The maximum absolute atomic E-state index is 5.34. The maximum atomic E-state index is 5.34. The summed E-state index contributed by atoms with van der Waals surface area (Å²) in [6, 6.07) is 0. The van der Waals surface area contributed by atoms with Crippen molar-refractivity contribution in [3.63, 3.8) is 0 Å². The highest BCUT2D eigenvalue weighted by Crippen LogP contribution is 1.90. The number of hydrogen-bond acceptors (Lipinski definition) is 4. The Morgan fingerprint density at radius 1 is 1.25 bits per heavy atom. The first-order chi connectivity index (χ1) is 5.81. The topological polar surface area (TPSA) is 53.7 Å². The lowest BCUT2D eigenvalue weighted by Gasteiger charge is -2.11. The minimum absolute atomic E-state index is 0.136. The van der Waals surface area contributed by atoms with Crippen LogP contribution in [0.5, 0.6) is 0 Å². The molecule has 1 unspecified atom stereocenters. The molecule has 2 N–H and O–H groups in total. The molecule has 0 saturated heterocycles.